The van der Waals surface area contributed by atoms with Crippen LogP contribution >= 0.6 is 0 Å². The number of carbonyl (C=O) groups excluding carboxylic acids is 1. The number of aliphatic imine (C=N–C) groups is 2. The molecule has 4 aliphatic heterocycles. The van der Waals surface area contributed by atoms with E-state index in [9.17, 15) is 5.11 Å². The second-order valence-electron chi connectivity index (χ2n) is 25.8. The summed E-state index contributed by atoms with van der Waals surface area (Å²) in [4.78, 5) is 26.0. The number of aliphatic hydroxyl groups is 1. The van der Waals surface area contributed by atoms with Crippen LogP contribution in [0.2, 0.25) is 0 Å². The SMILES string of the molecule is Cc1cc(-c2cc(C)c3c(c2)C2(C)CCCCCC(C4=C(O)/C(=C5\CCCCCC6(C)c7cc(-c8cc(C)c9c(c8)C8(C)CCCCCCC8=N9)cc(C)c7NC56)C4=O)=C2N3)cc2c1N=C1CCCCCCC12C. The van der Waals surface area contributed by atoms with Crippen molar-refractivity contribution in [3.05, 3.63) is 127 Å². The van der Waals surface area contributed by atoms with Crippen LogP contribution < -0.4 is 10.6 Å². The van der Waals surface area contributed by atoms with Gasteiger partial charge in [-0.05, 0) is 238 Å². The number of hydrogen-bond acceptors (Lipinski definition) is 6. The van der Waals surface area contributed by atoms with E-state index >= 15 is 4.79 Å². The number of nitrogens with zero attached hydrogens (tertiary/aromatic N) is 2. The fourth-order valence-electron chi connectivity index (χ4n) is 16.5. The summed E-state index contributed by atoms with van der Waals surface area (Å²) in [5, 5.41) is 20.8. The summed E-state index contributed by atoms with van der Waals surface area (Å²) in [6.07, 6.45) is 24.9. The molecule has 0 aromatic heterocycles. The van der Waals surface area contributed by atoms with Crippen LogP contribution in [0.25, 0.3) is 22.3 Å². The minimum Gasteiger partial charge on any atom is -0.506 e. The number of ketones is 1. The van der Waals surface area contributed by atoms with Crippen molar-refractivity contribution in [2.24, 2.45) is 9.98 Å². The second-order valence-corrected chi connectivity index (χ2v) is 25.8. The maximum Gasteiger partial charge on any atom is 0.200 e. The Morgan fingerprint density at radius 1 is 0.486 bits per heavy atom. The molecule has 4 aromatic carbocycles. The molecule has 74 heavy (non-hydrogen) atoms. The molecular weight excluding hydrogens is 905 g/mol. The van der Waals surface area contributed by atoms with Crippen molar-refractivity contribution in [2.45, 2.75) is 224 Å². The molecule has 13 rings (SSSR count). The van der Waals surface area contributed by atoms with E-state index in [-0.39, 0.29) is 39.2 Å². The van der Waals surface area contributed by atoms with Gasteiger partial charge >= 0.3 is 0 Å². The lowest BCUT2D eigenvalue weighted by atomic mass is 9.65. The number of carbonyl (C=O) groups is 1. The molecule has 0 spiro atoms. The van der Waals surface area contributed by atoms with E-state index in [1.165, 1.54) is 165 Å². The number of fused-ring (bicyclic) bond motifs is 12. The van der Waals surface area contributed by atoms with E-state index in [2.05, 4.69) is 115 Å². The van der Waals surface area contributed by atoms with E-state index < -0.39 is 0 Å². The van der Waals surface area contributed by atoms with Crippen molar-refractivity contribution in [3.63, 3.8) is 0 Å². The molecule has 0 bridgehead atoms. The predicted molar refractivity (Wildman–Crippen MR) is 308 cm³/mol. The van der Waals surface area contributed by atoms with Crippen molar-refractivity contribution < 1.29 is 9.90 Å². The molecule has 5 atom stereocenters. The van der Waals surface area contributed by atoms with Gasteiger partial charge in [-0.1, -0.05) is 85.0 Å². The lowest BCUT2D eigenvalue weighted by Crippen LogP contribution is -2.41. The summed E-state index contributed by atoms with van der Waals surface area (Å²) in [5.41, 5.74) is 27.0. The first-order valence-corrected chi connectivity index (χ1v) is 29.4. The second kappa shape index (κ2) is 17.5. The summed E-state index contributed by atoms with van der Waals surface area (Å²) >= 11 is 0. The summed E-state index contributed by atoms with van der Waals surface area (Å²) in [6, 6.07) is 19.3. The lowest BCUT2D eigenvalue weighted by Gasteiger charge is -2.39. The third-order valence-corrected chi connectivity index (χ3v) is 21.0. The molecule has 5 aliphatic carbocycles. The zero-order valence-corrected chi connectivity index (χ0v) is 46.0. The number of anilines is 2. The molecule has 3 N–H and O–H groups in total. The Hall–Kier alpha value is -5.49. The van der Waals surface area contributed by atoms with Crippen LogP contribution in [0.15, 0.2) is 92.3 Å². The van der Waals surface area contributed by atoms with Gasteiger partial charge in [0.1, 0.15) is 5.76 Å². The number of rotatable bonds is 3. The monoisotopic (exact) mass is 985 g/mol. The van der Waals surface area contributed by atoms with Crippen molar-refractivity contribution in [1.82, 2.24) is 0 Å². The molecule has 4 heterocycles. The molecule has 4 aromatic rings. The number of allylic oxidation sites excluding steroid dienone is 4. The molecule has 3 fully saturated rings. The van der Waals surface area contributed by atoms with E-state index in [1.807, 2.05) is 0 Å². The van der Waals surface area contributed by atoms with Crippen molar-refractivity contribution in [3.8, 4) is 22.3 Å². The zero-order chi connectivity index (χ0) is 51.1. The van der Waals surface area contributed by atoms with Gasteiger partial charge in [0.25, 0.3) is 0 Å². The molecule has 5 unspecified atom stereocenters. The van der Waals surface area contributed by atoms with Crippen LogP contribution in [0, 0.1) is 27.7 Å². The highest BCUT2D eigenvalue weighted by Gasteiger charge is 2.52. The molecular formula is C68H80N4O2. The minimum absolute atomic E-state index is 0.00374. The third kappa shape index (κ3) is 7.10. The van der Waals surface area contributed by atoms with Crippen LogP contribution in [0.5, 0.6) is 0 Å². The smallest absolute Gasteiger partial charge is 0.200 e. The minimum atomic E-state index is -0.321. The number of benzene rings is 4. The topological polar surface area (TPSA) is 86.1 Å². The molecule has 3 saturated carbocycles. The Balaban J connectivity index is 0.860. The first-order valence-electron chi connectivity index (χ1n) is 29.4. The fourth-order valence-corrected chi connectivity index (χ4v) is 16.5. The van der Waals surface area contributed by atoms with Gasteiger partial charge in [0, 0.05) is 50.2 Å². The summed E-state index contributed by atoms with van der Waals surface area (Å²) < 4.78 is 0. The first kappa shape index (κ1) is 48.2. The summed E-state index contributed by atoms with van der Waals surface area (Å²) in [6.45, 7) is 18.8. The quantitative estimate of drug-likeness (QED) is 0.179. The van der Waals surface area contributed by atoms with Gasteiger partial charge in [0.15, 0.2) is 0 Å². The largest absolute Gasteiger partial charge is 0.506 e. The average Bonchev–Trinajstić information content (AvgIpc) is 4.03. The lowest BCUT2D eigenvalue weighted by molar-refractivity contribution is -0.113. The highest BCUT2D eigenvalue weighted by atomic mass is 16.3. The average molecular weight is 985 g/mol. The molecule has 6 nitrogen and oxygen atoms in total. The normalized spacial score (nSPS) is 30.3. The Morgan fingerprint density at radius 2 is 0.946 bits per heavy atom. The molecule has 0 amide bonds. The molecule has 0 radical (unpaired) electrons. The maximum absolute atomic E-state index is 15.3. The Bertz CT molecular complexity index is 3290. The molecule has 9 aliphatic rings. The molecule has 384 valence electrons. The van der Waals surface area contributed by atoms with Gasteiger partial charge in [-0.3, -0.25) is 14.8 Å². The van der Waals surface area contributed by atoms with Crippen molar-refractivity contribution in [2.75, 3.05) is 10.6 Å². The van der Waals surface area contributed by atoms with E-state index in [0.717, 1.165) is 93.9 Å². The van der Waals surface area contributed by atoms with Crippen LogP contribution in [0.1, 0.15) is 213 Å². The van der Waals surface area contributed by atoms with Crippen LogP contribution in [0.3, 0.4) is 0 Å². The maximum atomic E-state index is 15.3. The zero-order valence-electron chi connectivity index (χ0n) is 46.0. The van der Waals surface area contributed by atoms with Crippen LogP contribution in [0.4, 0.5) is 22.7 Å². The van der Waals surface area contributed by atoms with Gasteiger partial charge < -0.3 is 15.7 Å². The van der Waals surface area contributed by atoms with Gasteiger partial charge in [-0.2, -0.15) is 0 Å². The highest BCUT2D eigenvalue weighted by Crippen LogP contribution is 2.58. The highest BCUT2D eigenvalue weighted by molar-refractivity contribution is 6.22. The van der Waals surface area contributed by atoms with E-state index in [4.69, 9.17) is 9.98 Å². The van der Waals surface area contributed by atoms with Crippen molar-refractivity contribution >= 4 is 40.0 Å². The standard InChI is InChI=1S/C68H80N4O2/c1-39-31-43(35-49-57(39)69-53-25-17-9-11-19-27-65(49,53)5)45-33-41(3)59-51(37-45)67(7)29-21-13-15-23-47(63(67)71-59)55-61(73)56(62(55)74)48-24-16-14-22-30-68(8)52-38-46(34-42(4)60(52)72-64(48)68)44-32-40(2)58-50(36-44)66(6)28-20-12-10-18-26-54(66)70-58/h31-38,63,71-73H,9-30H2,1-8H3/b55-47-,64-48?. The third-order valence-electron chi connectivity index (χ3n) is 21.0. The van der Waals surface area contributed by atoms with Gasteiger partial charge in [0.05, 0.1) is 28.6 Å². The number of hydrogen-bond donors (Lipinski definition) is 3. The summed E-state index contributed by atoms with van der Waals surface area (Å²) in [5.74, 6) is 0.256. The van der Waals surface area contributed by atoms with Gasteiger partial charge in [-0.15, -0.1) is 0 Å². The van der Waals surface area contributed by atoms with E-state index in [1.54, 1.807) is 0 Å². The molecule has 0 saturated heterocycles. The predicted octanol–water partition coefficient (Wildman–Crippen LogP) is 18.0. The van der Waals surface area contributed by atoms with E-state index in [0.29, 0.717) is 11.1 Å². The fraction of sp³-hybridized carbons (Fsp3) is 0.515. The number of aryl methyl sites for hydroxylation is 4. The Kier molecular flexibility index (Phi) is 11.4. The van der Waals surface area contributed by atoms with Crippen molar-refractivity contribution in [1.29, 1.82) is 0 Å². The Morgan fingerprint density at radius 3 is 1.53 bits per heavy atom. The van der Waals surface area contributed by atoms with Gasteiger partial charge in [-0.25, -0.2) is 0 Å². The molecule has 6 heteroatoms. The van der Waals surface area contributed by atoms with Crippen LogP contribution in [-0.2, 0) is 26.5 Å². The Labute approximate surface area is 441 Å². The first-order chi connectivity index (χ1) is 35.6. The number of Topliss-reactive ketones (excluding diaryl/α,β-unsaturated/α-hetero) is 1. The number of aliphatic hydroxyl groups excluding tert-OH is 1. The summed E-state index contributed by atoms with van der Waals surface area (Å²) in [7, 11) is 0. The van der Waals surface area contributed by atoms with Crippen LogP contribution in [-0.4, -0.2) is 28.4 Å². The number of nitrogens with one attached hydrogen (secondary N) is 2. The van der Waals surface area contributed by atoms with Gasteiger partial charge in [0.2, 0.25) is 5.78 Å².